The molecule has 2 aromatic rings. The van der Waals surface area contributed by atoms with Crippen LogP contribution >= 0.6 is 11.8 Å². The van der Waals surface area contributed by atoms with E-state index in [0.29, 0.717) is 6.54 Å². The lowest BCUT2D eigenvalue weighted by molar-refractivity contribution is -0.384. The molecule has 126 valence electrons. The number of benzene rings is 2. The minimum absolute atomic E-state index is 0.0406. The molecule has 2 unspecified atom stereocenters. The summed E-state index contributed by atoms with van der Waals surface area (Å²) in [5.74, 6) is 0.202. The number of hydrogen-bond acceptors (Lipinski definition) is 4. The van der Waals surface area contributed by atoms with Gasteiger partial charge in [0.25, 0.3) is 5.69 Å². The Labute approximate surface area is 145 Å². The second-order valence-corrected chi connectivity index (χ2v) is 6.98. The standard InChI is InChI=1S/C18H20N2O3S/c1-13(15-6-4-3-5-7-15)12-19-18(21)14(2)24-17-10-8-16(9-11-17)20(22)23/h3-11,13-14H,12H2,1-2H3,(H,19,21). The molecule has 2 atom stereocenters. The van der Waals surface area contributed by atoms with Gasteiger partial charge in [-0.1, -0.05) is 37.3 Å². The predicted molar refractivity (Wildman–Crippen MR) is 96.3 cm³/mol. The Morgan fingerprint density at radius 3 is 2.33 bits per heavy atom. The molecule has 0 heterocycles. The second-order valence-electron chi connectivity index (χ2n) is 5.57. The van der Waals surface area contributed by atoms with E-state index in [9.17, 15) is 14.9 Å². The summed E-state index contributed by atoms with van der Waals surface area (Å²) in [7, 11) is 0. The molecular weight excluding hydrogens is 324 g/mol. The van der Waals surface area contributed by atoms with E-state index in [-0.39, 0.29) is 22.8 Å². The van der Waals surface area contributed by atoms with Crippen molar-refractivity contribution in [2.45, 2.75) is 29.9 Å². The molecule has 6 heteroatoms. The van der Waals surface area contributed by atoms with Crippen LogP contribution in [0, 0.1) is 10.1 Å². The van der Waals surface area contributed by atoms with Gasteiger partial charge >= 0.3 is 0 Å². The zero-order valence-electron chi connectivity index (χ0n) is 13.6. The molecule has 1 N–H and O–H groups in total. The van der Waals surface area contributed by atoms with E-state index >= 15 is 0 Å². The van der Waals surface area contributed by atoms with E-state index < -0.39 is 4.92 Å². The second kappa shape index (κ2) is 8.49. The van der Waals surface area contributed by atoms with Crippen LogP contribution in [0.15, 0.2) is 59.5 Å². The number of nitro groups is 1. The van der Waals surface area contributed by atoms with Crippen molar-refractivity contribution in [1.29, 1.82) is 0 Å². The van der Waals surface area contributed by atoms with Crippen molar-refractivity contribution in [3.8, 4) is 0 Å². The van der Waals surface area contributed by atoms with E-state index in [1.54, 1.807) is 12.1 Å². The van der Waals surface area contributed by atoms with Crippen LogP contribution < -0.4 is 5.32 Å². The third-order valence-electron chi connectivity index (χ3n) is 3.68. The monoisotopic (exact) mass is 344 g/mol. The van der Waals surface area contributed by atoms with Crippen molar-refractivity contribution in [1.82, 2.24) is 5.32 Å². The Hall–Kier alpha value is -2.34. The number of amides is 1. The van der Waals surface area contributed by atoms with Crippen LogP contribution in [0.25, 0.3) is 0 Å². The first-order valence-corrected chi connectivity index (χ1v) is 8.59. The van der Waals surface area contributed by atoms with Gasteiger partial charge in [-0.25, -0.2) is 0 Å². The zero-order chi connectivity index (χ0) is 17.5. The average molecular weight is 344 g/mol. The minimum atomic E-state index is -0.435. The van der Waals surface area contributed by atoms with Gasteiger partial charge < -0.3 is 5.32 Å². The van der Waals surface area contributed by atoms with Gasteiger partial charge in [-0.15, -0.1) is 11.8 Å². The zero-order valence-corrected chi connectivity index (χ0v) is 14.5. The molecule has 0 saturated heterocycles. The molecule has 0 aliphatic heterocycles. The van der Waals surface area contributed by atoms with Gasteiger partial charge in [-0.2, -0.15) is 0 Å². The summed E-state index contributed by atoms with van der Waals surface area (Å²) >= 11 is 1.38. The normalized spacial score (nSPS) is 13.1. The Bertz CT molecular complexity index is 689. The van der Waals surface area contributed by atoms with Gasteiger partial charge in [0.1, 0.15) is 0 Å². The number of carbonyl (C=O) groups is 1. The maximum atomic E-state index is 12.2. The molecule has 0 fully saturated rings. The molecule has 1 amide bonds. The molecule has 0 bridgehead atoms. The van der Waals surface area contributed by atoms with Gasteiger partial charge in [-0.3, -0.25) is 14.9 Å². The summed E-state index contributed by atoms with van der Waals surface area (Å²) in [6.45, 7) is 4.48. The fourth-order valence-corrected chi connectivity index (χ4v) is 3.09. The first-order chi connectivity index (χ1) is 11.5. The first-order valence-electron chi connectivity index (χ1n) is 7.71. The van der Waals surface area contributed by atoms with Crippen LogP contribution in [0.1, 0.15) is 25.3 Å². The number of hydrogen-bond donors (Lipinski definition) is 1. The van der Waals surface area contributed by atoms with E-state index in [0.717, 1.165) is 4.90 Å². The largest absolute Gasteiger partial charge is 0.355 e. The Kier molecular flexibility index (Phi) is 6.37. The molecule has 0 saturated carbocycles. The molecule has 0 spiro atoms. The summed E-state index contributed by atoms with van der Waals surface area (Å²) in [5.41, 5.74) is 1.24. The molecule has 0 aromatic heterocycles. The Balaban J connectivity index is 1.84. The molecule has 2 rings (SSSR count). The maximum absolute atomic E-state index is 12.2. The van der Waals surface area contributed by atoms with Crippen LogP contribution in [0.5, 0.6) is 0 Å². The van der Waals surface area contributed by atoms with Crippen molar-refractivity contribution in [3.05, 3.63) is 70.3 Å². The highest BCUT2D eigenvalue weighted by Gasteiger charge is 2.16. The predicted octanol–water partition coefficient (Wildman–Crippen LogP) is 4.00. The van der Waals surface area contributed by atoms with Gasteiger partial charge in [0.05, 0.1) is 10.2 Å². The molecule has 0 aliphatic carbocycles. The van der Waals surface area contributed by atoms with E-state index in [1.807, 2.05) is 37.3 Å². The summed E-state index contributed by atoms with van der Waals surface area (Å²) in [6.07, 6.45) is 0. The van der Waals surface area contributed by atoms with Gasteiger partial charge in [0, 0.05) is 23.6 Å². The van der Waals surface area contributed by atoms with Crippen LogP contribution in [0.3, 0.4) is 0 Å². The smallest absolute Gasteiger partial charge is 0.269 e. The summed E-state index contributed by atoms with van der Waals surface area (Å²) in [4.78, 5) is 23.3. The minimum Gasteiger partial charge on any atom is -0.355 e. The topological polar surface area (TPSA) is 72.2 Å². The summed E-state index contributed by atoms with van der Waals surface area (Å²) in [6, 6.07) is 16.3. The third kappa shape index (κ3) is 5.09. The number of rotatable bonds is 7. The van der Waals surface area contributed by atoms with E-state index in [1.165, 1.54) is 29.5 Å². The molecule has 2 aromatic carbocycles. The van der Waals surface area contributed by atoms with Crippen molar-refractivity contribution in [2.75, 3.05) is 6.54 Å². The van der Waals surface area contributed by atoms with Crippen molar-refractivity contribution < 1.29 is 9.72 Å². The number of carbonyl (C=O) groups excluding carboxylic acids is 1. The third-order valence-corrected chi connectivity index (χ3v) is 4.79. The molecule has 5 nitrogen and oxygen atoms in total. The highest BCUT2D eigenvalue weighted by Crippen LogP contribution is 2.25. The van der Waals surface area contributed by atoms with E-state index in [4.69, 9.17) is 0 Å². The van der Waals surface area contributed by atoms with Crippen LogP contribution in [0.2, 0.25) is 0 Å². The first kappa shape index (κ1) is 18.0. The van der Waals surface area contributed by atoms with Crippen molar-refractivity contribution in [2.24, 2.45) is 0 Å². The van der Waals surface area contributed by atoms with Crippen molar-refractivity contribution >= 4 is 23.4 Å². The summed E-state index contributed by atoms with van der Waals surface area (Å²) in [5, 5.41) is 13.3. The van der Waals surface area contributed by atoms with E-state index in [2.05, 4.69) is 12.2 Å². The summed E-state index contributed by atoms with van der Waals surface area (Å²) < 4.78 is 0. The van der Waals surface area contributed by atoms with Gasteiger partial charge in [-0.05, 0) is 30.5 Å². The highest BCUT2D eigenvalue weighted by atomic mass is 32.2. The lowest BCUT2D eigenvalue weighted by Gasteiger charge is -2.16. The average Bonchev–Trinajstić information content (AvgIpc) is 2.60. The number of nitrogens with one attached hydrogen (secondary N) is 1. The van der Waals surface area contributed by atoms with Crippen molar-refractivity contribution in [3.63, 3.8) is 0 Å². The lowest BCUT2D eigenvalue weighted by atomic mass is 10.0. The molecule has 0 radical (unpaired) electrons. The van der Waals surface area contributed by atoms with Gasteiger partial charge in [0.2, 0.25) is 5.91 Å². The number of non-ortho nitro benzene ring substituents is 1. The number of nitro benzene ring substituents is 1. The number of nitrogens with zero attached hydrogens (tertiary/aromatic N) is 1. The van der Waals surface area contributed by atoms with Crippen LogP contribution in [-0.2, 0) is 4.79 Å². The Morgan fingerprint density at radius 1 is 1.12 bits per heavy atom. The van der Waals surface area contributed by atoms with Crippen LogP contribution in [-0.4, -0.2) is 22.6 Å². The lowest BCUT2D eigenvalue weighted by Crippen LogP contribution is -2.33. The molecule has 0 aliphatic rings. The fraction of sp³-hybridized carbons (Fsp3) is 0.278. The molecular formula is C18H20N2O3S. The SMILES string of the molecule is CC(Sc1ccc([N+](=O)[O-])cc1)C(=O)NCC(C)c1ccccc1. The fourth-order valence-electron chi connectivity index (χ4n) is 2.20. The number of thioether (sulfide) groups is 1. The highest BCUT2D eigenvalue weighted by molar-refractivity contribution is 8.00. The Morgan fingerprint density at radius 2 is 1.75 bits per heavy atom. The van der Waals surface area contributed by atoms with Crippen LogP contribution in [0.4, 0.5) is 5.69 Å². The maximum Gasteiger partial charge on any atom is 0.269 e. The quantitative estimate of drug-likeness (QED) is 0.468. The van der Waals surface area contributed by atoms with Gasteiger partial charge in [0.15, 0.2) is 0 Å². The molecule has 24 heavy (non-hydrogen) atoms.